The number of benzene rings is 2. The smallest absolute Gasteiger partial charge is 0.224 e. The second-order valence-corrected chi connectivity index (χ2v) is 12.5. The number of nitrogens with zero attached hydrogens (tertiary/aromatic N) is 4. The number of fused-ring (bicyclic) bond motifs is 2. The van der Waals surface area contributed by atoms with Gasteiger partial charge in [0, 0.05) is 30.3 Å². The van der Waals surface area contributed by atoms with Gasteiger partial charge in [-0.05, 0) is 47.9 Å². The van der Waals surface area contributed by atoms with Gasteiger partial charge in [0.2, 0.25) is 15.9 Å². The van der Waals surface area contributed by atoms with Crippen molar-refractivity contribution < 1.29 is 22.0 Å². The number of carbonyl (C=O) groups excluding carboxylic acids is 1. The first kappa shape index (κ1) is 30.0. The lowest BCUT2D eigenvalue weighted by Gasteiger charge is -2.08. The largest absolute Gasteiger partial charge is 0.337 e. The minimum Gasteiger partial charge on any atom is -0.337 e. The summed E-state index contributed by atoms with van der Waals surface area (Å²) in [4.78, 5) is 28.6. The van der Waals surface area contributed by atoms with Crippen molar-refractivity contribution in [3.8, 4) is 33.9 Å². The summed E-state index contributed by atoms with van der Waals surface area (Å²) < 4.78 is 56.3. The molecule has 0 bridgehead atoms. The normalized spacial score (nSPS) is 11.8. The van der Waals surface area contributed by atoms with E-state index in [0.717, 1.165) is 19.1 Å². The molecule has 230 valence electrons. The Balaban J connectivity index is 1.38. The maximum absolute atomic E-state index is 16.2. The zero-order valence-electron chi connectivity index (χ0n) is 24.3. The van der Waals surface area contributed by atoms with Crippen LogP contribution < -0.4 is 10.0 Å². The summed E-state index contributed by atoms with van der Waals surface area (Å²) in [5, 5.41) is 10.1. The van der Waals surface area contributed by atoms with E-state index in [0.29, 0.717) is 50.9 Å². The Morgan fingerprint density at radius 1 is 1.00 bits per heavy atom. The Labute approximate surface area is 256 Å². The van der Waals surface area contributed by atoms with Crippen LogP contribution in [0.2, 0.25) is 0 Å². The number of pyridine rings is 2. The Morgan fingerprint density at radius 2 is 1.84 bits per heavy atom. The lowest BCUT2D eigenvalue weighted by atomic mass is 10.0. The van der Waals surface area contributed by atoms with Crippen molar-refractivity contribution in [3.05, 3.63) is 78.3 Å². The zero-order chi connectivity index (χ0) is 31.7. The quantitative estimate of drug-likeness (QED) is 0.151. The molecule has 0 atom stereocenters. The lowest BCUT2D eigenvalue weighted by molar-refractivity contribution is -0.116. The van der Waals surface area contributed by atoms with E-state index in [1.807, 2.05) is 6.92 Å². The van der Waals surface area contributed by atoms with Gasteiger partial charge in [0.05, 0.1) is 46.3 Å². The Kier molecular flexibility index (Phi) is 8.08. The molecular formula is C31H28F2N8O3S. The van der Waals surface area contributed by atoms with E-state index in [1.54, 1.807) is 30.3 Å². The van der Waals surface area contributed by atoms with E-state index < -0.39 is 21.7 Å². The first-order valence-electron chi connectivity index (χ1n) is 14.1. The van der Waals surface area contributed by atoms with E-state index in [9.17, 15) is 17.6 Å². The molecular weight excluding hydrogens is 602 g/mol. The Bertz CT molecular complexity index is 2180. The third-order valence-electron chi connectivity index (χ3n) is 7.14. The molecule has 0 aliphatic carbocycles. The number of aromatic nitrogens is 6. The highest BCUT2D eigenvalue weighted by Gasteiger charge is 2.22. The molecule has 4 aromatic heterocycles. The van der Waals surface area contributed by atoms with Crippen LogP contribution in [0.3, 0.4) is 0 Å². The number of halogens is 2. The molecule has 4 heterocycles. The molecule has 0 radical (unpaired) electrons. The number of amides is 1. The van der Waals surface area contributed by atoms with Crippen LogP contribution in [-0.2, 0) is 21.4 Å². The van der Waals surface area contributed by atoms with E-state index in [4.69, 9.17) is 4.98 Å². The van der Waals surface area contributed by atoms with Crippen molar-refractivity contribution in [1.82, 2.24) is 34.9 Å². The molecule has 6 rings (SSSR count). The first-order valence-corrected chi connectivity index (χ1v) is 16.0. The summed E-state index contributed by atoms with van der Waals surface area (Å²) >= 11 is 0. The summed E-state index contributed by atoms with van der Waals surface area (Å²) in [5.41, 5.74) is 3.97. The number of sulfonamides is 1. The molecule has 0 aliphatic rings. The summed E-state index contributed by atoms with van der Waals surface area (Å²) in [7, 11) is -3.48. The molecule has 4 N–H and O–H groups in total. The molecule has 11 nitrogen and oxygen atoms in total. The fourth-order valence-electron chi connectivity index (χ4n) is 5.05. The number of nitrogens with one attached hydrogen (secondary N) is 4. The minimum absolute atomic E-state index is 0.0223. The molecule has 0 spiro atoms. The SMILES string of the molecule is CCCCC(=O)Nc1cncc(-c2ncc3[nH]nc(-c4nc5c(-c6cc(F)cc(CNS(C)(=O)=O)c6)cccc5[nH]4)c3c2F)c1. The third kappa shape index (κ3) is 6.42. The van der Waals surface area contributed by atoms with Crippen LogP contribution in [0.4, 0.5) is 14.5 Å². The van der Waals surface area contributed by atoms with Crippen molar-refractivity contribution >= 4 is 43.6 Å². The summed E-state index contributed by atoms with van der Waals surface area (Å²) in [6.07, 6.45) is 7.46. The van der Waals surface area contributed by atoms with Crippen LogP contribution in [0.25, 0.3) is 55.8 Å². The van der Waals surface area contributed by atoms with Gasteiger partial charge in [-0.1, -0.05) is 25.5 Å². The summed E-state index contributed by atoms with van der Waals surface area (Å²) in [6.45, 7) is 1.92. The van der Waals surface area contributed by atoms with Crippen LogP contribution >= 0.6 is 0 Å². The predicted molar refractivity (Wildman–Crippen MR) is 167 cm³/mol. The monoisotopic (exact) mass is 630 g/mol. The van der Waals surface area contributed by atoms with Crippen molar-refractivity contribution in [2.45, 2.75) is 32.7 Å². The standard InChI is InChI=1S/C31H28F2N8O3S/c1-3-4-8-25(42)37-21-12-19(14-34-15-21)28-27(33)26-24(16-35-28)40-41-30(26)31-38-23-7-5-6-22(29(23)39-31)18-9-17(10-20(32)11-18)13-36-45(2,43)44/h5-7,9-12,14-16,36H,3-4,8,13H2,1-2H3,(H,37,42)(H,38,39)(H,40,41). The molecule has 0 fully saturated rings. The molecule has 0 aliphatic heterocycles. The molecule has 1 amide bonds. The number of H-pyrrole nitrogens is 2. The van der Waals surface area contributed by atoms with Gasteiger partial charge < -0.3 is 10.3 Å². The van der Waals surface area contributed by atoms with E-state index >= 15 is 4.39 Å². The average Bonchev–Trinajstić information content (AvgIpc) is 3.63. The molecule has 2 aromatic carbocycles. The van der Waals surface area contributed by atoms with Gasteiger partial charge in [-0.2, -0.15) is 5.10 Å². The summed E-state index contributed by atoms with van der Waals surface area (Å²) in [6, 6.07) is 11.2. The van der Waals surface area contributed by atoms with E-state index in [1.165, 1.54) is 30.7 Å². The molecule has 6 aromatic rings. The molecule has 45 heavy (non-hydrogen) atoms. The van der Waals surface area contributed by atoms with Gasteiger partial charge >= 0.3 is 0 Å². The fraction of sp³-hybridized carbons (Fsp3) is 0.194. The third-order valence-corrected chi connectivity index (χ3v) is 7.81. The van der Waals surface area contributed by atoms with Crippen molar-refractivity contribution in [2.75, 3.05) is 11.6 Å². The van der Waals surface area contributed by atoms with E-state index in [2.05, 4.69) is 35.2 Å². The molecule has 14 heteroatoms. The fourth-order valence-corrected chi connectivity index (χ4v) is 5.47. The predicted octanol–water partition coefficient (Wildman–Crippen LogP) is 5.69. The lowest BCUT2D eigenvalue weighted by Crippen LogP contribution is -2.21. The van der Waals surface area contributed by atoms with Gasteiger partial charge in [-0.15, -0.1) is 0 Å². The minimum atomic E-state index is -3.48. The Morgan fingerprint density at radius 3 is 2.64 bits per heavy atom. The number of hydrogen-bond donors (Lipinski definition) is 4. The second-order valence-electron chi connectivity index (χ2n) is 10.6. The number of aromatic amines is 2. The van der Waals surface area contributed by atoms with E-state index in [-0.39, 0.29) is 35.1 Å². The molecule has 0 saturated carbocycles. The number of carbonyl (C=O) groups is 1. The number of hydrogen-bond acceptors (Lipinski definition) is 7. The maximum Gasteiger partial charge on any atom is 0.224 e. The van der Waals surface area contributed by atoms with Crippen LogP contribution in [0, 0.1) is 11.6 Å². The highest BCUT2D eigenvalue weighted by atomic mass is 32.2. The number of imidazole rings is 1. The average molecular weight is 631 g/mol. The molecule has 0 unspecified atom stereocenters. The van der Waals surface area contributed by atoms with Gasteiger partial charge in [0.1, 0.15) is 17.2 Å². The topological polar surface area (TPSA) is 158 Å². The number of unbranched alkanes of at least 4 members (excludes halogenated alkanes) is 1. The highest BCUT2D eigenvalue weighted by Crippen LogP contribution is 2.35. The van der Waals surface area contributed by atoms with Crippen LogP contribution in [-0.4, -0.2) is 50.7 Å². The Hall–Kier alpha value is -5.08. The highest BCUT2D eigenvalue weighted by molar-refractivity contribution is 7.88. The molecule has 0 saturated heterocycles. The van der Waals surface area contributed by atoms with Crippen molar-refractivity contribution in [2.24, 2.45) is 0 Å². The zero-order valence-corrected chi connectivity index (χ0v) is 25.1. The van der Waals surface area contributed by atoms with Gasteiger partial charge in [-0.3, -0.25) is 19.9 Å². The van der Waals surface area contributed by atoms with Crippen molar-refractivity contribution in [1.29, 1.82) is 0 Å². The maximum atomic E-state index is 16.2. The second kappa shape index (κ2) is 12.1. The van der Waals surface area contributed by atoms with Crippen molar-refractivity contribution in [3.63, 3.8) is 0 Å². The number of anilines is 1. The first-order chi connectivity index (χ1) is 21.6. The van der Waals surface area contributed by atoms with Crippen LogP contribution in [0.15, 0.2) is 61.1 Å². The van der Waals surface area contributed by atoms with Crippen LogP contribution in [0.1, 0.15) is 31.7 Å². The van der Waals surface area contributed by atoms with Crippen LogP contribution in [0.5, 0.6) is 0 Å². The number of rotatable bonds is 10. The van der Waals surface area contributed by atoms with Gasteiger partial charge in [0.15, 0.2) is 11.6 Å². The number of para-hydroxylation sites is 1. The summed E-state index contributed by atoms with van der Waals surface area (Å²) in [5.74, 6) is -1.07. The van der Waals surface area contributed by atoms with Gasteiger partial charge in [-0.25, -0.2) is 26.9 Å². The van der Waals surface area contributed by atoms with Gasteiger partial charge in [0.25, 0.3) is 0 Å².